The third-order valence-corrected chi connectivity index (χ3v) is 5.90. The highest BCUT2D eigenvalue weighted by molar-refractivity contribution is 5.93. The van der Waals surface area contributed by atoms with E-state index in [0.717, 1.165) is 36.8 Å². The highest BCUT2D eigenvalue weighted by Gasteiger charge is 2.44. The van der Waals surface area contributed by atoms with Gasteiger partial charge in [0, 0.05) is 12.1 Å². The summed E-state index contributed by atoms with van der Waals surface area (Å²) >= 11 is 0. The minimum atomic E-state index is -0.823. The minimum absolute atomic E-state index is 0.0190. The van der Waals surface area contributed by atoms with Gasteiger partial charge in [0.1, 0.15) is 17.7 Å². The van der Waals surface area contributed by atoms with Crippen molar-refractivity contribution in [3.8, 4) is 0 Å². The summed E-state index contributed by atoms with van der Waals surface area (Å²) in [5, 5.41) is 5.87. The first kappa shape index (κ1) is 28.4. The smallest absolute Gasteiger partial charge is 0.408 e. The zero-order valence-electron chi connectivity index (χ0n) is 22.4. The molecule has 0 saturated heterocycles. The molecule has 2 N–H and O–H groups in total. The number of alkyl carbamates (subject to hydrolysis) is 1. The fraction of sp³-hybridized carbons (Fsp3) is 0.607. The van der Waals surface area contributed by atoms with Gasteiger partial charge in [-0.3, -0.25) is 9.59 Å². The highest BCUT2D eigenvalue weighted by atomic mass is 16.6. The number of hydrogen-bond acceptors (Lipinski definition) is 4. The summed E-state index contributed by atoms with van der Waals surface area (Å²) in [5.74, 6) is -0.689. The van der Waals surface area contributed by atoms with Gasteiger partial charge in [0.25, 0.3) is 0 Å². The van der Waals surface area contributed by atoms with Crippen molar-refractivity contribution in [2.24, 2.45) is 5.92 Å². The van der Waals surface area contributed by atoms with Gasteiger partial charge in [0.2, 0.25) is 11.8 Å². The first-order valence-electron chi connectivity index (χ1n) is 12.7. The largest absolute Gasteiger partial charge is 0.444 e. The van der Waals surface area contributed by atoms with Crippen molar-refractivity contribution < 1.29 is 19.1 Å². The molecule has 1 aliphatic rings. The Balaban J connectivity index is 2.46. The molecule has 0 aromatic heterocycles. The number of ether oxygens (including phenoxy) is 1. The quantitative estimate of drug-likeness (QED) is 0.450. The molecule has 3 atom stereocenters. The van der Waals surface area contributed by atoms with Crippen molar-refractivity contribution in [1.82, 2.24) is 15.5 Å². The van der Waals surface area contributed by atoms with Gasteiger partial charge in [-0.05, 0) is 70.1 Å². The van der Waals surface area contributed by atoms with Gasteiger partial charge in [0.15, 0.2) is 0 Å². The van der Waals surface area contributed by atoms with Crippen LogP contribution in [0, 0.1) is 5.92 Å². The Labute approximate surface area is 210 Å². The molecule has 3 amide bonds. The standard InChI is InChI=1S/C28H43N3O4/c1-9-12-19(5)29-25(32)24(21-14-11-13-20(10-2)17-21)31(22-15-16-22)26(33)23(18(3)4)30-27(34)35-28(6,7)8/h10-11,13-14,17-19,22-24H,2,9,12,15-16H2,1,3-8H3,(H,29,32)(H,30,34). The van der Waals surface area contributed by atoms with E-state index in [2.05, 4.69) is 24.1 Å². The van der Waals surface area contributed by atoms with E-state index in [9.17, 15) is 14.4 Å². The van der Waals surface area contributed by atoms with Crippen LogP contribution in [0.3, 0.4) is 0 Å². The summed E-state index contributed by atoms with van der Waals surface area (Å²) in [6.07, 6.45) is 4.50. The lowest BCUT2D eigenvalue weighted by molar-refractivity contribution is -0.144. The molecule has 0 heterocycles. The van der Waals surface area contributed by atoms with Crippen molar-refractivity contribution in [1.29, 1.82) is 0 Å². The average Bonchev–Trinajstić information content (AvgIpc) is 3.59. The predicted molar refractivity (Wildman–Crippen MR) is 140 cm³/mol. The molecule has 0 radical (unpaired) electrons. The molecule has 0 spiro atoms. The van der Waals surface area contributed by atoms with E-state index in [-0.39, 0.29) is 29.8 Å². The molecule has 1 aromatic carbocycles. The van der Waals surface area contributed by atoms with E-state index < -0.39 is 23.8 Å². The van der Waals surface area contributed by atoms with Gasteiger partial charge in [-0.1, -0.05) is 58.0 Å². The molecule has 35 heavy (non-hydrogen) atoms. The summed E-state index contributed by atoms with van der Waals surface area (Å²) in [4.78, 5) is 41.9. The zero-order chi connectivity index (χ0) is 26.3. The van der Waals surface area contributed by atoms with Crippen LogP contribution in [0.4, 0.5) is 4.79 Å². The number of hydrogen-bond donors (Lipinski definition) is 2. The van der Waals surface area contributed by atoms with Crippen LogP contribution in [0.2, 0.25) is 0 Å². The molecule has 1 aliphatic carbocycles. The monoisotopic (exact) mass is 485 g/mol. The van der Waals surface area contributed by atoms with Crippen LogP contribution in [0.5, 0.6) is 0 Å². The SMILES string of the molecule is C=Cc1cccc(C(C(=O)NC(C)CCC)N(C(=O)C(NC(=O)OC(C)(C)C)C(C)C)C2CC2)c1. The summed E-state index contributed by atoms with van der Waals surface area (Å²) in [7, 11) is 0. The number of nitrogens with one attached hydrogen (secondary N) is 2. The number of benzene rings is 1. The number of amides is 3. The lowest BCUT2D eigenvalue weighted by Gasteiger charge is -2.36. The van der Waals surface area contributed by atoms with Gasteiger partial charge < -0.3 is 20.3 Å². The number of rotatable bonds is 11. The van der Waals surface area contributed by atoms with Crippen LogP contribution < -0.4 is 10.6 Å². The molecule has 0 bridgehead atoms. The number of nitrogens with zero attached hydrogens (tertiary/aromatic N) is 1. The maximum Gasteiger partial charge on any atom is 0.408 e. The van der Waals surface area contributed by atoms with Crippen LogP contribution in [0.1, 0.15) is 91.3 Å². The maximum absolute atomic E-state index is 14.0. The van der Waals surface area contributed by atoms with E-state index in [1.807, 2.05) is 45.0 Å². The molecule has 0 aliphatic heterocycles. The molecule has 1 aromatic rings. The first-order valence-corrected chi connectivity index (χ1v) is 12.7. The molecule has 1 saturated carbocycles. The van der Waals surface area contributed by atoms with E-state index in [1.165, 1.54) is 0 Å². The van der Waals surface area contributed by atoms with E-state index >= 15 is 0 Å². The van der Waals surface area contributed by atoms with Crippen LogP contribution in [-0.4, -0.2) is 46.5 Å². The fourth-order valence-corrected chi connectivity index (χ4v) is 4.10. The van der Waals surface area contributed by atoms with Crippen molar-refractivity contribution in [3.63, 3.8) is 0 Å². The minimum Gasteiger partial charge on any atom is -0.444 e. The van der Waals surface area contributed by atoms with Crippen LogP contribution >= 0.6 is 0 Å². The predicted octanol–water partition coefficient (Wildman–Crippen LogP) is 5.22. The summed E-state index contributed by atoms with van der Waals surface area (Å²) in [6.45, 7) is 17.0. The highest BCUT2D eigenvalue weighted by Crippen LogP contribution is 2.36. The van der Waals surface area contributed by atoms with Crippen molar-refractivity contribution >= 4 is 24.0 Å². The van der Waals surface area contributed by atoms with Gasteiger partial charge in [-0.25, -0.2) is 4.79 Å². The summed E-state index contributed by atoms with van der Waals surface area (Å²) in [6, 6.07) is 5.84. The zero-order valence-corrected chi connectivity index (χ0v) is 22.4. The van der Waals surface area contributed by atoms with Gasteiger partial charge in [-0.2, -0.15) is 0 Å². The lowest BCUT2D eigenvalue weighted by atomic mass is 9.97. The Hall–Kier alpha value is -2.83. The Bertz CT molecular complexity index is 902. The Morgan fingerprint density at radius 3 is 2.34 bits per heavy atom. The third-order valence-electron chi connectivity index (χ3n) is 5.90. The molecule has 7 nitrogen and oxygen atoms in total. The molecule has 2 rings (SSSR count). The lowest BCUT2D eigenvalue weighted by Crippen LogP contribution is -2.56. The summed E-state index contributed by atoms with van der Waals surface area (Å²) < 4.78 is 5.42. The van der Waals surface area contributed by atoms with Crippen molar-refractivity contribution in [2.75, 3.05) is 0 Å². The maximum atomic E-state index is 14.0. The van der Waals surface area contributed by atoms with Gasteiger partial charge in [0.05, 0.1) is 0 Å². The topological polar surface area (TPSA) is 87.7 Å². The number of carbonyl (C=O) groups excluding carboxylic acids is 3. The molecule has 3 unspecified atom stereocenters. The van der Waals surface area contributed by atoms with Crippen LogP contribution in [-0.2, 0) is 14.3 Å². The second kappa shape index (κ2) is 12.2. The van der Waals surface area contributed by atoms with E-state index in [1.54, 1.807) is 31.7 Å². The molecule has 7 heteroatoms. The molecule has 194 valence electrons. The molecular formula is C28H43N3O4. The Kier molecular flexibility index (Phi) is 9.92. The van der Waals surface area contributed by atoms with Crippen molar-refractivity contribution in [3.05, 3.63) is 42.0 Å². The first-order chi connectivity index (χ1) is 16.4. The third kappa shape index (κ3) is 8.41. The number of carbonyl (C=O) groups is 3. The van der Waals surface area contributed by atoms with Crippen LogP contribution in [0.15, 0.2) is 30.8 Å². The Morgan fingerprint density at radius 2 is 1.83 bits per heavy atom. The van der Waals surface area contributed by atoms with Gasteiger partial charge >= 0.3 is 6.09 Å². The average molecular weight is 486 g/mol. The Morgan fingerprint density at radius 1 is 1.17 bits per heavy atom. The normalized spacial score (nSPS) is 16.1. The van der Waals surface area contributed by atoms with E-state index in [0.29, 0.717) is 0 Å². The summed E-state index contributed by atoms with van der Waals surface area (Å²) in [5.41, 5.74) is 0.911. The second-order valence-electron chi connectivity index (χ2n) is 10.8. The van der Waals surface area contributed by atoms with Gasteiger partial charge in [-0.15, -0.1) is 0 Å². The van der Waals surface area contributed by atoms with Crippen molar-refractivity contribution in [2.45, 2.75) is 104 Å². The van der Waals surface area contributed by atoms with Crippen LogP contribution in [0.25, 0.3) is 6.08 Å². The molecular weight excluding hydrogens is 442 g/mol. The fourth-order valence-electron chi connectivity index (χ4n) is 4.10. The second-order valence-corrected chi connectivity index (χ2v) is 10.8. The van der Waals surface area contributed by atoms with E-state index in [4.69, 9.17) is 4.74 Å². The molecule has 1 fully saturated rings.